The Labute approximate surface area is 92.4 Å². The van der Waals surface area contributed by atoms with Gasteiger partial charge in [0.25, 0.3) is 0 Å². The molecule has 1 fully saturated rings. The highest BCUT2D eigenvalue weighted by molar-refractivity contribution is 7.85. The Kier molecular flexibility index (Phi) is 5.56. The van der Waals surface area contributed by atoms with Crippen molar-refractivity contribution in [3.63, 3.8) is 0 Å². The number of quaternary nitrogens is 1. The summed E-state index contributed by atoms with van der Waals surface area (Å²) in [6, 6.07) is 0. The zero-order chi connectivity index (χ0) is 11.1. The Bertz CT molecular complexity index is 256. The van der Waals surface area contributed by atoms with E-state index < -0.39 is 10.1 Å². The van der Waals surface area contributed by atoms with E-state index in [4.69, 9.17) is 0 Å². The second-order valence-corrected chi connectivity index (χ2v) is 5.91. The number of nitrogens with one attached hydrogen (secondary N) is 1. The molecule has 0 radical (unpaired) electrons. The first kappa shape index (κ1) is 12.9. The topological polar surface area (TPSA) is 61.6 Å². The van der Waals surface area contributed by atoms with Crippen molar-refractivity contribution >= 4 is 10.1 Å². The van der Waals surface area contributed by atoms with Gasteiger partial charge in [0.05, 0.1) is 29.8 Å². The molecule has 1 saturated heterocycles. The standard InChI is InChI=1S/C10H21NO3S/c12-15(13,14)10-6-5-9-11-7-3-1-2-4-8-11/h1-10H2,(H,12,13,14). The van der Waals surface area contributed by atoms with E-state index in [0.717, 1.165) is 13.0 Å². The normalized spacial score (nSPS) is 20.1. The van der Waals surface area contributed by atoms with Crippen LogP contribution in [-0.2, 0) is 10.1 Å². The Balaban J connectivity index is 2.08. The average Bonchev–Trinajstić information content (AvgIpc) is 2.39. The Hall–Kier alpha value is -0.130. The van der Waals surface area contributed by atoms with Crippen molar-refractivity contribution in [1.29, 1.82) is 0 Å². The minimum Gasteiger partial charge on any atom is -0.748 e. The van der Waals surface area contributed by atoms with E-state index >= 15 is 0 Å². The van der Waals surface area contributed by atoms with Gasteiger partial charge >= 0.3 is 0 Å². The lowest BCUT2D eigenvalue weighted by Gasteiger charge is -2.16. The highest BCUT2D eigenvalue weighted by Crippen LogP contribution is 1.99. The molecule has 0 aliphatic carbocycles. The van der Waals surface area contributed by atoms with Gasteiger partial charge < -0.3 is 9.45 Å². The van der Waals surface area contributed by atoms with Crippen LogP contribution in [0.25, 0.3) is 0 Å². The summed E-state index contributed by atoms with van der Waals surface area (Å²) in [6.45, 7) is 3.45. The lowest BCUT2D eigenvalue weighted by molar-refractivity contribution is -0.899. The van der Waals surface area contributed by atoms with Gasteiger partial charge in [0, 0.05) is 5.75 Å². The van der Waals surface area contributed by atoms with Crippen molar-refractivity contribution in [3.8, 4) is 0 Å². The van der Waals surface area contributed by atoms with Crippen molar-refractivity contribution in [2.24, 2.45) is 0 Å². The molecule has 0 atom stereocenters. The van der Waals surface area contributed by atoms with Crippen LogP contribution >= 0.6 is 0 Å². The van der Waals surface area contributed by atoms with Crippen molar-refractivity contribution in [2.75, 3.05) is 25.4 Å². The Morgan fingerprint density at radius 1 is 1.00 bits per heavy atom. The largest absolute Gasteiger partial charge is 0.748 e. The number of hydrogen-bond acceptors (Lipinski definition) is 3. The summed E-state index contributed by atoms with van der Waals surface area (Å²) in [4.78, 5) is 1.58. The van der Waals surface area contributed by atoms with Crippen molar-refractivity contribution < 1.29 is 17.9 Å². The number of hydrogen-bond donors (Lipinski definition) is 1. The fourth-order valence-electron chi connectivity index (χ4n) is 2.13. The summed E-state index contributed by atoms with van der Waals surface area (Å²) in [5.74, 6) is -0.194. The van der Waals surface area contributed by atoms with E-state index in [-0.39, 0.29) is 5.75 Å². The maximum absolute atomic E-state index is 10.4. The first-order chi connectivity index (χ1) is 7.08. The van der Waals surface area contributed by atoms with Crippen LogP contribution in [0.5, 0.6) is 0 Å². The predicted octanol–water partition coefficient (Wildman–Crippen LogP) is -0.229. The van der Waals surface area contributed by atoms with Crippen molar-refractivity contribution in [1.82, 2.24) is 0 Å². The summed E-state index contributed by atoms with van der Waals surface area (Å²) in [7, 11) is -3.99. The van der Waals surface area contributed by atoms with Crippen molar-refractivity contribution in [2.45, 2.75) is 38.5 Å². The quantitative estimate of drug-likeness (QED) is 0.529. The zero-order valence-corrected chi connectivity index (χ0v) is 10.0. The predicted molar refractivity (Wildman–Crippen MR) is 57.8 cm³/mol. The highest BCUT2D eigenvalue weighted by atomic mass is 32.2. The minimum atomic E-state index is -3.99. The summed E-state index contributed by atoms with van der Waals surface area (Å²) >= 11 is 0. The number of likely N-dealkylation sites (tertiary alicyclic amines) is 1. The van der Waals surface area contributed by atoms with Crippen LogP contribution in [0.3, 0.4) is 0 Å². The van der Waals surface area contributed by atoms with Gasteiger partial charge in [-0.15, -0.1) is 0 Å². The van der Waals surface area contributed by atoms with Gasteiger partial charge in [0.2, 0.25) is 0 Å². The third-order valence-corrected chi connectivity index (χ3v) is 3.77. The van der Waals surface area contributed by atoms with Crippen LogP contribution in [0.15, 0.2) is 0 Å². The SMILES string of the molecule is O=S(=O)([O-])CCCC[NH+]1CCCCCC1. The third kappa shape index (κ3) is 6.87. The maximum Gasteiger partial charge on any atom is 0.0945 e. The minimum absolute atomic E-state index is 0.194. The summed E-state index contributed by atoms with van der Waals surface area (Å²) in [6.07, 6.45) is 6.62. The van der Waals surface area contributed by atoms with Gasteiger partial charge in [-0.1, -0.05) is 0 Å². The smallest absolute Gasteiger partial charge is 0.0945 e. The van der Waals surface area contributed by atoms with Crippen LogP contribution in [0.1, 0.15) is 38.5 Å². The third-order valence-electron chi connectivity index (χ3n) is 2.99. The molecule has 4 nitrogen and oxygen atoms in total. The molecule has 0 aromatic heterocycles. The second-order valence-electron chi connectivity index (χ2n) is 4.38. The summed E-state index contributed by atoms with van der Waals surface area (Å²) in [5, 5.41) is 0. The molecule has 1 rings (SSSR count). The van der Waals surface area contributed by atoms with Crippen LogP contribution in [0.4, 0.5) is 0 Å². The molecule has 5 heteroatoms. The molecule has 0 amide bonds. The molecular formula is C10H21NO3S. The molecule has 0 bridgehead atoms. The zero-order valence-electron chi connectivity index (χ0n) is 9.20. The van der Waals surface area contributed by atoms with Crippen molar-refractivity contribution in [3.05, 3.63) is 0 Å². The molecule has 0 aromatic rings. The van der Waals surface area contributed by atoms with Crippen LogP contribution in [-0.4, -0.2) is 38.4 Å². The summed E-state index contributed by atoms with van der Waals surface area (Å²) in [5.41, 5.74) is 0. The van der Waals surface area contributed by atoms with E-state index in [0.29, 0.717) is 6.42 Å². The van der Waals surface area contributed by atoms with E-state index in [2.05, 4.69) is 0 Å². The van der Waals surface area contributed by atoms with Crippen LogP contribution in [0, 0.1) is 0 Å². The molecule has 0 spiro atoms. The van der Waals surface area contributed by atoms with Crippen LogP contribution in [0.2, 0.25) is 0 Å². The first-order valence-electron chi connectivity index (χ1n) is 5.85. The Morgan fingerprint density at radius 3 is 2.13 bits per heavy atom. The molecule has 0 unspecified atom stereocenters. The van der Waals surface area contributed by atoms with E-state index in [9.17, 15) is 13.0 Å². The van der Waals surface area contributed by atoms with Gasteiger partial charge in [-0.05, 0) is 38.5 Å². The molecule has 1 N–H and O–H groups in total. The summed E-state index contributed by atoms with van der Waals surface area (Å²) < 4.78 is 31.1. The highest BCUT2D eigenvalue weighted by Gasteiger charge is 2.11. The van der Waals surface area contributed by atoms with Gasteiger partial charge in [-0.25, -0.2) is 8.42 Å². The first-order valence-corrected chi connectivity index (χ1v) is 7.43. The lowest BCUT2D eigenvalue weighted by atomic mass is 10.2. The monoisotopic (exact) mass is 235 g/mol. The molecule has 0 saturated carbocycles. The van der Waals surface area contributed by atoms with Gasteiger partial charge in [-0.3, -0.25) is 0 Å². The maximum atomic E-state index is 10.4. The fraction of sp³-hybridized carbons (Fsp3) is 1.00. The van der Waals surface area contributed by atoms with E-state index in [1.807, 2.05) is 0 Å². The Morgan fingerprint density at radius 2 is 1.60 bits per heavy atom. The van der Waals surface area contributed by atoms with E-state index in [1.165, 1.54) is 38.8 Å². The number of unbranched alkanes of at least 4 members (excludes halogenated alkanes) is 1. The molecule has 15 heavy (non-hydrogen) atoms. The lowest BCUT2D eigenvalue weighted by Crippen LogP contribution is -3.11. The number of rotatable bonds is 5. The molecular weight excluding hydrogens is 214 g/mol. The second kappa shape index (κ2) is 6.45. The molecule has 90 valence electrons. The van der Waals surface area contributed by atoms with Crippen LogP contribution < -0.4 is 4.90 Å². The molecule has 0 aromatic carbocycles. The molecule has 1 heterocycles. The van der Waals surface area contributed by atoms with E-state index in [1.54, 1.807) is 4.90 Å². The fourth-order valence-corrected chi connectivity index (χ4v) is 2.69. The van der Waals surface area contributed by atoms with Gasteiger partial charge in [-0.2, -0.15) is 0 Å². The van der Waals surface area contributed by atoms with Gasteiger partial charge in [0.15, 0.2) is 0 Å². The van der Waals surface area contributed by atoms with Gasteiger partial charge in [0.1, 0.15) is 0 Å². The molecule has 1 aliphatic heterocycles. The molecule has 1 aliphatic rings. The average molecular weight is 235 g/mol.